The highest BCUT2D eigenvalue weighted by Gasteiger charge is 2.06. The topological polar surface area (TPSA) is 35.5 Å². The molecule has 0 unspecified atom stereocenters. The van der Waals surface area contributed by atoms with Crippen molar-refractivity contribution in [1.82, 2.24) is 0 Å². The molecule has 0 aliphatic carbocycles. The Morgan fingerprint density at radius 2 is 1.88 bits per heavy atom. The van der Waals surface area contributed by atoms with E-state index in [-0.39, 0.29) is 5.97 Å². The molecule has 0 rings (SSSR count). The van der Waals surface area contributed by atoms with Crippen LogP contribution in [0.2, 0.25) is 19.6 Å². The second kappa shape index (κ2) is 8.14. The molecule has 0 saturated heterocycles. The van der Waals surface area contributed by atoms with E-state index in [9.17, 15) is 4.79 Å². The van der Waals surface area contributed by atoms with Crippen LogP contribution in [0, 0.1) is 11.5 Å². The van der Waals surface area contributed by atoms with E-state index in [1.807, 2.05) is 6.08 Å². The minimum absolute atomic E-state index is 0.272. The molecular weight excluding hydrogens is 220 g/mol. The van der Waals surface area contributed by atoms with Gasteiger partial charge in [0.1, 0.15) is 21.3 Å². The molecule has 0 fully saturated rings. The van der Waals surface area contributed by atoms with Gasteiger partial charge in [-0.25, -0.2) is 0 Å². The normalized spacial score (nSPS) is 11.0. The average molecular weight is 240 g/mol. The lowest BCUT2D eigenvalue weighted by Crippen LogP contribution is -2.16. The van der Waals surface area contributed by atoms with Crippen LogP contribution in [0.5, 0.6) is 0 Å². The molecule has 0 N–H and O–H groups in total. The Kier molecular flexibility index (Phi) is 7.60. The molecule has 0 spiro atoms. The van der Waals surface area contributed by atoms with Gasteiger partial charge in [-0.3, -0.25) is 4.79 Å². The van der Waals surface area contributed by atoms with Gasteiger partial charge in [-0.2, -0.15) is 0 Å². The molecule has 4 heteroatoms. The van der Waals surface area contributed by atoms with Crippen molar-refractivity contribution >= 4 is 14.0 Å². The summed E-state index contributed by atoms with van der Waals surface area (Å²) in [6.45, 7) is 9.23. The SMILES string of the molecule is CC(=O)OC/C=C\COCC#C[Si](C)(C)C. The first-order chi connectivity index (χ1) is 7.42. The highest BCUT2D eigenvalue weighted by molar-refractivity contribution is 6.83. The second-order valence-corrected chi connectivity index (χ2v) is 9.09. The maximum Gasteiger partial charge on any atom is 0.302 e. The van der Waals surface area contributed by atoms with Gasteiger partial charge in [0.2, 0.25) is 0 Å². The first-order valence-corrected chi connectivity index (χ1v) is 8.78. The van der Waals surface area contributed by atoms with Crippen molar-refractivity contribution in [1.29, 1.82) is 0 Å². The number of carbonyl (C=O) groups is 1. The van der Waals surface area contributed by atoms with Crippen molar-refractivity contribution < 1.29 is 14.3 Å². The van der Waals surface area contributed by atoms with E-state index in [4.69, 9.17) is 9.47 Å². The molecule has 0 atom stereocenters. The van der Waals surface area contributed by atoms with Crippen molar-refractivity contribution in [2.24, 2.45) is 0 Å². The van der Waals surface area contributed by atoms with Crippen LogP contribution in [0.3, 0.4) is 0 Å². The molecule has 0 radical (unpaired) electrons. The fraction of sp³-hybridized carbons (Fsp3) is 0.583. The van der Waals surface area contributed by atoms with Crippen LogP contribution in [0.15, 0.2) is 12.2 Å². The molecule has 0 aromatic heterocycles. The summed E-state index contributed by atoms with van der Waals surface area (Å²) < 4.78 is 9.97. The van der Waals surface area contributed by atoms with Crippen LogP contribution in [0.1, 0.15) is 6.92 Å². The van der Waals surface area contributed by atoms with E-state index in [1.54, 1.807) is 6.08 Å². The van der Waals surface area contributed by atoms with E-state index in [2.05, 4.69) is 31.1 Å². The molecule has 0 aliphatic rings. The smallest absolute Gasteiger partial charge is 0.302 e. The van der Waals surface area contributed by atoms with Gasteiger partial charge in [-0.15, -0.1) is 5.54 Å². The van der Waals surface area contributed by atoms with Crippen molar-refractivity contribution in [2.45, 2.75) is 26.6 Å². The fourth-order valence-electron chi connectivity index (χ4n) is 0.781. The van der Waals surface area contributed by atoms with Crippen LogP contribution >= 0.6 is 0 Å². The minimum atomic E-state index is -1.27. The Balaban J connectivity index is 3.46. The molecule has 0 aromatic carbocycles. The van der Waals surface area contributed by atoms with E-state index < -0.39 is 8.07 Å². The molecule has 0 amide bonds. The van der Waals surface area contributed by atoms with E-state index >= 15 is 0 Å². The lowest BCUT2D eigenvalue weighted by Gasteiger charge is -2.03. The van der Waals surface area contributed by atoms with Crippen molar-refractivity contribution in [3.63, 3.8) is 0 Å². The maximum absolute atomic E-state index is 10.4. The zero-order chi connectivity index (χ0) is 12.4. The van der Waals surface area contributed by atoms with Gasteiger partial charge in [0.25, 0.3) is 0 Å². The van der Waals surface area contributed by atoms with Crippen LogP contribution in [0.4, 0.5) is 0 Å². The molecule has 0 aliphatic heterocycles. The molecule has 0 aromatic rings. The van der Waals surface area contributed by atoms with Crippen molar-refractivity contribution in [2.75, 3.05) is 19.8 Å². The molecular formula is C12H20O3Si. The van der Waals surface area contributed by atoms with Gasteiger partial charge in [0, 0.05) is 6.92 Å². The number of esters is 1. The van der Waals surface area contributed by atoms with E-state index in [0.717, 1.165) is 0 Å². The molecule has 0 heterocycles. The number of ether oxygens (including phenoxy) is 2. The standard InChI is InChI=1S/C12H20O3Si/c1-12(13)15-10-6-5-8-14-9-7-11-16(2,3)4/h5-6H,8-10H2,1-4H3/b6-5-. The summed E-state index contributed by atoms with van der Waals surface area (Å²) in [5.41, 5.74) is 3.21. The molecule has 3 nitrogen and oxygen atoms in total. The van der Waals surface area contributed by atoms with Crippen molar-refractivity contribution in [3.8, 4) is 11.5 Å². The minimum Gasteiger partial charge on any atom is -0.462 e. The first-order valence-electron chi connectivity index (χ1n) is 5.28. The number of carbonyl (C=O) groups excluding carboxylic acids is 1. The first kappa shape index (κ1) is 14.9. The van der Waals surface area contributed by atoms with Gasteiger partial charge in [0.05, 0.1) is 6.61 Å². The van der Waals surface area contributed by atoms with Gasteiger partial charge in [0.15, 0.2) is 0 Å². The van der Waals surface area contributed by atoms with Gasteiger partial charge < -0.3 is 9.47 Å². The highest BCUT2D eigenvalue weighted by Crippen LogP contribution is 1.95. The zero-order valence-corrected chi connectivity index (χ0v) is 11.5. The monoisotopic (exact) mass is 240 g/mol. The third kappa shape index (κ3) is 12.9. The van der Waals surface area contributed by atoms with Gasteiger partial charge >= 0.3 is 5.97 Å². The van der Waals surface area contributed by atoms with Crippen molar-refractivity contribution in [3.05, 3.63) is 12.2 Å². The van der Waals surface area contributed by atoms with Crippen LogP contribution in [-0.2, 0) is 14.3 Å². The Morgan fingerprint density at radius 3 is 2.44 bits per heavy atom. The number of hydrogen-bond donors (Lipinski definition) is 0. The molecule has 16 heavy (non-hydrogen) atoms. The summed E-state index contributed by atoms with van der Waals surface area (Å²) in [4.78, 5) is 10.4. The summed E-state index contributed by atoms with van der Waals surface area (Å²) in [7, 11) is -1.27. The largest absolute Gasteiger partial charge is 0.462 e. The Morgan fingerprint density at radius 1 is 1.25 bits per heavy atom. The summed E-state index contributed by atoms with van der Waals surface area (Å²) in [5, 5.41) is 0. The molecule has 0 saturated carbocycles. The predicted molar refractivity (Wildman–Crippen MR) is 67.7 cm³/mol. The molecule has 0 bridgehead atoms. The van der Waals surface area contributed by atoms with E-state index in [1.165, 1.54) is 6.92 Å². The summed E-state index contributed by atoms with van der Waals surface area (Å²) in [5.74, 6) is 2.73. The van der Waals surface area contributed by atoms with Gasteiger partial charge in [-0.05, 0) is 6.08 Å². The number of hydrogen-bond acceptors (Lipinski definition) is 3. The second-order valence-electron chi connectivity index (χ2n) is 4.34. The summed E-state index contributed by atoms with van der Waals surface area (Å²) >= 11 is 0. The number of rotatable bonds is 5. The fourth-order valence-corrected chi connectivity index (χ4v) is 1.38. The van der Waals surface area contributed by atoms with Crippen LogP contribution in [0.25, 0.3) is 0 Å². The zero-order valence-electron chi connectivity index (χ0n) is 10.5. The van der Waals surface area contributed by atoms with Gasteiger partial charge in [-0.1, -0.05) is 31.6 Å². The predicted octanol–water partition coefficient (Wildman–Crippen LogP) is 2.00. The third-order valence-corrected chi connectivity index (χ3v) is 2.33. The highest BCUT2D eigenvalue weighted by atomic mass is 28.3. The average Bonchev–Trinajstić information content (AvgIpc) is 2.13. The Labute approximate surface area is 98.8 Å². The molecule has 90 valence electrons. The maximum atomic E-state index is 10.4. The quantitative estimate of drug-likeness (QED) is 0.242. The van der Waals surface area contributed by atoms with E-state index in [0.29, 0.717) is 19.8 Å². The lowest BCUT2D eigenvalue weighted by atomic mass is 10.5. The Hall–Kier alpha value is -1.05. The summed E-state index contributed by atoms with van der Waals surface area (Å²) in [6, 6.07) is 0. The summed E-state index contributed by atoms with van der Waals surface area (Å²) in [6.07, 6.45) is 3.58. The Bertz CT molecular complexity index is 292. The van der Waals surface area contributed by atoms with Crippen LogP contribution in [-0.4, -0.2) is 33.9 Å². The third-order valence-electron chi connectivity index (χ3n) is 1.40. The lowest BCUT2D eigenvalue weighted by molar-refractivity contribution is -0.139. The van der Waals surface area contributed by atoms with Crippen LogP contribution < -0.4 is 0 Å².